The number of nitrogens with zero attached hydrogens (tertiary/aromatic N) is 1. The second-order valence-corrected chi connectivity index (χ2v) is 5.65. The molecule has 4 heteroatoms. The molecule has 1 heterocycles. The van der Waals surface area contributed by atoms with Gasteiger partial charge in [-0.3, -0.25) is 0 Å². The minimum atomic E-state index is 0.178. The van der Waals surface area contributed by atoms with Crippen LogP contribution in [-0.2, 0) is 0 Å². The summed E-state index contributed by atoms with van der Waals surface area (Å²) in [6.07, 6.45) is 1.75. The van der Waals surface area contributed by atoms with Crippen molar-refractivity contribution in [2.24, 2.45) is 5.73 Å². The summed E-state index contributed by atoms with van der Waals surface area (Å²) in [5.41, 5.74) is 8.31. The van der Waals surface area contributed by atoms with Gasteiger partial charge in [0.2, 0.25) is 0 Å². The summed E-state index contributed by atoms with van der Waals surface area (Å²) in [6, 6.07) is 12.1. The van der Waals surface area contributed by atoms with Crippen LogP contribution in [0.5, 0.6) is 0 Å². The molecule has 0 aliphatic rings. The largest absolute Gasteiger partial charge is 0.329 e. The maximum absolute atomic E-state index is 6.12. The number of thioether (sulfide) groups is 1. The molecule has 0 spiro atoms. The third-order valence-corrected chi connectivity index (χ3v) is 4.32. The molecule has 0 saturated carbocycles. The molecular weight excluding hydrogens is 264 g/mol. The predicted molar refractivity (Wildman–Crippen MR) is 78.1 cm³/mol. The van der Waals surface area contributed by atoms with Gasteiger partial charge >= 0.3 is 0 Å². The predicted octanol–water partition coefficient (Wildman–Crippen LogP) is 3.84. The number of aryl methyl sites for hydroxylation is 1. The Morgan fingerprint density at radius 3 is 2.83 bits per heavy atom. The molecule has 1 unspecified atom stereocenters. The van der Waals surface area contributed by atoms with Gasteiger partial charge in [0.1, 0.15) is 5.03 Å². The third-order valence-electron chi connectivity index (χ3n) is 2.61. The highest BCUT2D eigenvalue weighted by Crippen LogP contribution is 2.36. The van der Waals surface area contributed by atoms with Crippen LogP contribution >= 0.6 is 23.4 Å². The second kappa shape index (κ2) is 6.23. The molecule has 1 aromatic carbocycles. The molecule has 0 saturated heterocycles. The lowest BCUT2D eigenvalue weighted by Gasteiger charge is -2.15. The second-order valence-electron chi connectivity index (χ2n) is 4.05. The van der Waals surface area contributed by atoms with E-state index in [-0.39, 0.29) is 5.25 Å². The number of nitrogens with two attached hydrogens (primary N) is 1. The third kappa shape index (κ3) is 3.25. The molecule has 2 N–H and O–H groups in total. The Morgan fingerprint density at radius 1 is 1.33 bits per heavy atom. The first-order valence-corrected chi connectivity index (χ1v) is 7.00. The number of hydrogen-bond acceptors (Lipinski definition) is 3. The molecule has 1 atom stereocenters. The van der Waals surface area contributed by atoms with E-state index in [1.54, 1.807) is 18.0 Å². The average Bonchev–Trinajstić information content (AvgIpc) is 2.38. The summed E-state index contributed by atoms with van der Waals surface area (Å²) in [5, 5.41) is 1.68. The monoisotopic (exact) mass is 278 g/mol. The van der Waals surface area contributed by atoms with Crippen molar-refractivity contribution in [3.63, 3.8) is 0 Å². The van der Waals surface area contributed by atoms with Crippen LogP contribution < -0.4 is 5.73 Å². The van der Waals surface area contributed by atoms with Gasteiger partial charge in [0.15, 0.2) is 0 Å². The first-order valence-electron chi connectivity index (χ1n) is 5.74. The molecule has 0 amide bonds. The van der Waals surface area contributed by atoms with E-state index in [4.69, 9.17) is 17.3 Å². The van der Waals surface area contributed by atoms with Crippen LogP contribution in [-0.4, -0.2) is 11.5 Å². The maximum atomic E-state index is 6.12. The van der Waals surface area contributed by atoms with Crippen molar-refractivity contribution >= 4 is 23.4 Å². The fourth-order valence-corrected chi connectivity index (χ4v) is 2.92. The van der Waals surface area contributed by atoms with Gasteiger partial charge in [0, 0.05) is 18.0 Å². The van der Waals surface area contributed by atoms with Crippen LogP contribution in [0, 0.1) is 6.92 Å². The summed E-state index contributed by atoms with van der Waals surface area (Å²) in [5.74, 6) is 0. The van der Waals surface area contributed by atoms with Crippen molar-refractivity contribution in [2.75, 3.05) is 6.54 Å². The molecule has 0 aliphatic carbocycles. The summed E-state index contributed by atoms with van der Waals surface area (Å²) in [7, 11) is 0. The number of aromatic nitrogens is 1. The summed E-state index contributed by atoms with van der Waals surface area (Å²) < 4.78 is 0. The molecular formula is C14H15ClN2S. The molecule has 0 radical (unpaired) electrons. The van der Waals surface area contributed by atoms with Gasteiger partial charge in [0.25, 0.3) is 0 Å². The van der Waals surface area contributed by atoms with Crippen LogP contribution in [0.3, 0.4) is 0 Å². The fourth-order valence-electron chi connectivity index (χ4n) is 1.72. The molecule has 94 valence electrons. The van der Waals surface area contributed by atoms with Crippen molar-refractivity contribution in [1.82, 2.24) is 4.98 Å². The van der Waals surface area contributed by atoms with E-state index in [0.717, 1.165) is 5.03 Å². The normalized spacial score (nSPS) is 12.4. The first-order chi connectivity index (χ1) is 8.70. The van der Waals surface area contributed by atoms with Crippen molar-refractivity contribution in [1.29, 1.82) is 0 Å². The van der Waals surface area contributed by atoms with Crippen molar-refractivity contribution in [3.8, 4) is 0 Å². The number of rotatable bonds is 4. The molecule has 2 rings (SSSR count). The number of hydrogen-bond donors (Lipinski definition) is 1. The zero-order chi connectivity index (χ0) is 13.0. The summed E-state index contributed by atoms with van der Waals surface area (Å²) in [6.45, 7) is 2.64. The molecule has 1 aromatic heterocycles. The zero-order valence-corrected chi connectivity index (χ0v) is 11.7. The van der Waals surface area contributed by atoms with Crippen LogP contribution in [0.25, 0.3) is 0 Å². The molecule has 2 nitrogen and oxygen atoms in total. The highest BCUT2D eigenvalue weighted by Gasteiger charge is 2.14. The summed E-state index contributed by atoms with van der Waals surface area (Å²) >= 11 is 7.73. The van der Waals surface area contributed by atoms with Crippen molar-refractivity contribution in [2.45, 2.75) is 17.2 Å². The Hall–Kier alpha value is -1.03. The van der Waals surface area contributed by atoms with Crippen LogP contribution in [0.15, 0.2) is 47.6 Å². The molecule has 0 bridgehead atoms. The zero-order valence-electron chi connectivity index (χ0n) is 10.1. The Morgan fingerprint density at radius 2 is 2.17 bits per heavy atom. The average molecular weight is 279 g/mol. The summed E-state index contributed by atoms with van der Waals surface area (Å²) in [4.78, 5) is 4.29. The van der Waals surface area contributed by atoms with Crippen molar-refractivity contribution < 1.29 is 0 Å². The van der Waals surface area contributed by atoms with E-state index in [2.05, 4.69) is 30.1 Å². The smallest absolute Gasteiger partial charge is 0.115 e. The number of benzene rings is 1. The minimum absolute atomic E-state index is 0.178. The highest BCUT2D eigenvalue weighted by atomic mass is 35.5. The molecule has 2 aromatic rings. The Balaban J connectivity index is 2.23. The van der Waals surface area contributed by atoms with E-state index in [1.807, 2.05) is 18.2 Å². The van der Waals surface area contributed by atoms with E-state index in [9.17, 15) is 0 Å². The number of pyridine rings is 1. The Labute approximate surface area is 117 Å². The van der Waals surface area contributed by atoms with E-state index in [0.29, 0.717) is 11.6 Å². The quantitative estimate of drug-likeness (QED) is 0.864. The topological polar surface area (TPSA) is 38.9 Å². The fraction of sp³-hybridized carbons (Fsp3) is 0.214. The van der Waals surface area contributed by atoms with Gasteiger partial charge in [-0.1, -0.05) is 53.2 Å². The van der Waals surface area contributed by atoms with Crippen LogP contribution in [0.4, 0.5) is 0 Å². The van der Waals surface area contributed by atoms with Crippen molar-refractivity contribution in [3.05, 3.63) is 58.7 Å². The lowest BCUT2D eigenvalue weighted by Crippen LogP contribution is -2.09. The molecule has 0 fully saturated rings. The minimum Gasteiger partial charge on any atom is -0.329 e. The lowest BCUT2D eigenvalue weighted by atomic mass is 10.1. The van der Waals surface area contributed by atoms with Gasteiger partial charge < -0.3 is 5.73 Å². The van der Waals surface area contributed by atoms with Crippen LogP contribution in [0.1, 0.15) is 16.4 Å². The van der Waals surface area contributed by atoms with Gasteiger partial charge in [-0.15, -0.1) is 0 Å². The van der Waals surface area contributed by atoms with Gasteiger partial charge in [-0.05, 0) is 24.6 Å². The van der Waals surface area contributed by atoms with Gasteiger partial charge in [-0.25, -0.2) is 4.98 Å². The number of halogens is 1. The van der Waals surface area contributed by atoms with E-state index < -0.39 is 0 Å². The SMILES string of the molecule is Cc1cccc(C(CN)Sc2ncccc2Cl)c1. The highest BCUT2D eigenvalue weighted by molar-refractivity contribution is 7.99. The molecule has 0 aliphatic heterocycles. The van der Waals surface area contributed by atoms with Gasteiger partial charge in [-0.2, -0.15) is 0 Å². The first kappa shape index (κ1) is 13.4. The Bertz CT molecular complexity index is 531. The lowest BCUT2D eigenvalue weighted by molar-refractivity contribution is 0.933. The van der Waals surface area contributed by atoms with Crippen LogP contribution in [0.2, 0.25) is 5.02 Å². The van der Waals surface area contributed by atoms with E-state index >= 15 is 0 Å². The standard InChI is InChI=1S/C14H15ClN2S/c1-10-4-2-5-11(8-10)13(9-16)18-14-12(15)6-3-7-17-14/h2-8,13H,9,16H2,1H3. The Kier molecular flexibility index (Phi) is 4.64. The maximum Gasteiger partial charge on any atom is 0.115 e. The van der Waals surface area contributed by atoms with Gasteiger partial charge in [0.05, 0.1) is 5.02 Å². The molecule has 18 heavy (non-hydrogen) atoms. The van der Waals surface area contributed by atoms with E-state index in [1.165, 1.54) is 11.1 Å².